The van der Waals surface area contributed by atoms with Gasteiger partial charge in [-0.1, -0.05) is 31.5 Å². The highest BCUT2D eigenvalue weighted by Gasteiger charge is 2.10. The summed E-state index contributed by atoms with van der Waals surface area (Å²) < 4.78 is 10.8. The molecular weight excluding hydrogens is 312 g/mol. The zero-order valence-electron chi connectivity index (χ0n) is 13.6. The van der Waals surface area contributed by atoms with Crippen molar-refractivity contribution in [2.24, 2.45) is 5.92 Å². The second kappa shape index (κ2) is 7.97. The van der Waals surface area contributed by atoms with Gasteiger partial charge in [-0.05, 0) is 36.2 Å². The molecule has 2 rings (SSSR count). The van der Waals surface area contributed by atoms with Crippen LogP contribution in [0.5, 0.6) is 5.75 Å². The van der Waals surface area contributed by atoms with Crippen LogP contribution in [0.1, 0.15) is 30.8 Å². The Morgan fingerprint density at radius 2 is 2.04 bits per heavy atom. The number of hydrogen-bond acceptors (Lipinski definition) is 4. The number of hydrogen-bond donors (Lipinski definition) is 1. The van der Waals surface area contributed by atoms with Crippen molar-refractivity contribution < 1.29 is 9.47 Å². The lowest BCUT2D eigenvalue weighted by Gasteiger charge is -2.14. The molecular formula is C18H21ClN2O2. The smallest absolute Gasteiger partial charge is 0.232 e. The molecule has 2 aromatic rings. The first-order chi connectivity index (χ1) is 11.0. The van der Waals surface area contributed by atoms with Gasteiger partial charge in [0.05, 0.1) is 13.7 Å². The molecule has 1 aromatic carbocycles. The van der Waals surface area contributed by atoms with Gasteiger partial charge in [0.1, 0.15) is 11.4 Å². The fourth-order valence-electron chi connectivity index (χ4n) is 2.09. The maximum absolute atomic E-state index is 7.71. The predicted molar refractivity (Wildman–Crippen MR) is 92.7 cm³/mol. The minimum atomic E-state index is 0.0502. The summed E-state index contributed by atoms with van der Waals surface area (Å²) in [4.78, 5) is 4.46. The van der Waals surface area contributed by atoms with E-state index in [0.717, 1.165) is 17.0 Å². The Morgan fingerprint density at radius 1 is 1.26 bits per heavy atom. The summed E-state index contributed by atoms with van der Waals surface area (Å²) in [6.45, 7) is 4.87. The molecule has 0 saturated carbocycles. The van der Waals surface area contributed by atoms with Gasteiger partial charge in [0.15, 0.2) is 0 Å². The van der Waals surface area contributed by atoms with Crippen LogP contribution in [0.15, 0.2) is 36.4 Å². The average Bonchev–Trinajstić information content (AvgIpc) is 2.53. The molecule has 0 fully saturated rings. The van der Waals surface area contributed by atoms with Gasteiger partial charge in [0.2, 0.25) is 5.90 Å². The van der Waals surface area contributed by atoms with Crippen molar-refractivity contribution in [1.29, 1.82) is 5.41 Å². The van der Waals surface area contributed by atoms with Crippen LogP contribution in [0.4, 0.5) is 0 Å². The summed E-state index contributed by atoms with van der Waals surface area (Å²) >= 11 is 6.12. The number of pyridine rings is 1. The maximum atomic E-state index is 7.71. The normalized spacial score (nSPS) is 10.7. The van der Waals surface area contributed by atoms with Crippen molar-refractivity contribution in [2.75, 3.05) is 13.7 Å². The summed E-state index contributed by atoms with van der Waals surface area (Å²) in [5.41, 5.74) is 2.32. The van der Waals surface area contributed by atoms with E-state index in [1.165, 1.54) is 7.11 Å². The van der Waals surface area contributed by atoms with Crippen LogP contribution in [0.3, 0.4) is 0 Å². The number of nitrogens with one attached hydrogen (secondary N) is 1. The molecule has 0 aliphatic rings. The first kappa shape index (κ1) is 17.3. The van der Waals surface area contributed by atoms with Crippen molar-refractivity contribution in [2.45, 2.75) is 20.3 Å². The van der Waals surface area contributed by atoms with Gasteiger partial charge < -0.3 is 9.47 Å². The SMILES string of the molecule is COC(=N)c1cccc(Cc2cc(Cl)ccc2OCC(C)C)n1. The molecule has 1 N–H and O–H groups in total. The van der Waals surface area contributed by atoms with E-state index in [9.17, 15) is 0 Å². The first-order valence-corrected chi connectivity index (χ1v) is 7.87. The van der Waals surface area contributed by atoms with Gasteiger partial charge in [-0.2, -0.15) is 0 Å². The molecule has 122 valence electrons. The van der Waals surface area contributed by atoms with Gasteiger partial charge in [0.25, 0.3) is 0 Å². The van der Waals surface area contributed by atoms with E-state index in [-0.39, 0.29) is 5.90 Å². The standard InChI is InChI=1S/C18H21ClN2O2/c1-12(2)11-23-17-8-7-14(19)9-13(17)10-15-5-4-6-16(21-15)18(20)22-3/h4-9,12,20H,10-11H2,1-3H3. The summed E-state index contributed by atoms with van der Waals surface area (Å²) in [6.07, 6.45) is 0.582. The van der Waals surface area contributed by atoms with Crippen molar-refractivity contribution >= 4 is 17.5 Å². The minimum absolute atomic E-state index is 0.0502. The second-order valence-electron chi connectivity index (χ2n) is 5.68. The lowest BCUT2D eigenvalue weighted by molar-refractivity contribution is 0.269. The Morgan fingerprint density at radius 3 is 2.74 bits per heavy atom. The van der Waals surface area contributed by atoms with E-state index >= 15 is 0 Å². The number of nitrogens with zero attached hydrogens (tertiary/aromatic N) is 1. The molecule has 23 heavy (non-hydrogen) atoms. The van der Waals surface area contributed by atoms with Crippen LogP contribution in [-0.4, -0.2) is 24.6 Å². The van der Waals surface area contributed by atoms with E-state index in [1.54, 1.807) is 6.07 Å². The van der Waals surface area contributed by atoms with Crippen LogP contribution in [0.2, 0.25) is 5.02 Å². The molecule has 0 bridgehead atoms. The number of aromatic nitrogens is 1. The van der Waals surface area contributed by atoms with Gasteiger partial charge in [-0.15, -0.1) is 0 Å². The average molecular weight is 333 g/mol. The first-order valence-electron chi connectivity index (χ1n) is 7.49. The second-order valence-corrected chi connectivity index (χ2v) is 6.12. The largest absolute Gasteiger partial charge is 0.493 e. The Labute approximate surface area is 141 Å². The molecule has 0 aliphatic heterocycles. The third kappa shape index (κ3) is 4.96. The lowest BCUT2D eigenvalue weighted by atomic mass is 10.1. The third-order valence-corrected chi connectivity index (χ3v) is 3.44. The molecule has 5 heteroatoms. The zero-order valence-corrected chi connectivity index (χ0v) is 14.4. The molecule has 4 nitrogen and oxygen atoms in total. The highest BCUT2D eigenvalue weighted by Crippen LogP contribution is 2.25. The fourth-order valence-corrected chi connectivity index (χ4v) is 2.28. The number of halogens is 1. The minimum Gasteiger partial charge on any atom is -0.493 e. The summed E-state index contributed by atoms with van der Waals surface area (Å²) in [5.74, 6) is 1.31. The van der Waals surface area contributed by atoms with E-state index in [2.05, 4.69) is 18.8 Å². The van der Waals surface area contributed by atoms with E-state index in [0.29, 0.717) is 29.7 Å². The van der Waals surface area contributed by atoms with Crippen molar-refractivity contribution in [3.63, 3.8) is 0 Å². The molecule has 0 spiro atoms. The Balaban J connectivity index is 2.25. The lowest BCUT2D eigenvalue weighted by Crippen LogP contribution is -2.08. The van der Waals surface area contributed by atoms with Gasteiger partial charge >= 0.3 is 0 Å². The van der Waals surface area contributed by atoms with Crippen molar-refractivity contribution in [1.82, 2.24) is 4.98 Å². The van der Waals surface area contributed by atoms with Crippen LogP contribution >= 0.6 is 11.6 Å². The quantitative estimate of drug-likeness (QED) is 0.632. The van der Waals surface area contributed by atoms with Gasteiger partial charge in [0, 0.05) is 22.7 Å². The Bertz CT molecular complexity index is 686. The van der Waals surface area contributed by atoms with Crippen LogP contribution in [0, 0.1) is 11.3 Å². The molecule has 0 atom stereocenters. The zero-order chi connectivity index (χ0) is 16.8. The monoisotopic (exact) mass is 332 g/mol. The summed E-state index contributed by atoms with van der Waals surface area (Å²) in [7, 11) is 1.46. The molecule has 0 radical (unpaired) electrons. The summed E-state index contributed by atoms with van der Waals surface area (Å²) in [5, 5.41) is 8.38. The van der Waals surface area contributed by atoms with E-state index < -0.39 is 0 Å². The summed E-state index contributed by atoms with van der Waals surface area (Å²) in [6, 6.07) is 11.1. The molecule has 0 unspecified atom stereocenters. The third-order valence-electron chi connectivity index (χ3n) is 3.21. The highest BCUT2D eigenvalue weighted by atomic mass is 35.5. The van der Waals surface area contributed by atoms with Crippen molar-refractivity contribution in [3.8, 4) is 5.75 Å². The number of rotatable bonds is 6. The number of benzene rings is 1. The predicted octanol–water partition coefficient (Wildman–Crippen LogP) is 4.33. The number of ether oxygens (including phenoxy) is 2. The van der Waals surface area contributed by atoms with Crippen LogP contribution in [0.25, 0.3) is 0 Å². The molecule has 1 heterocycles. The topological polar surface area (TPSA) is 55.2 Å². The Hall–Kier alpha value is -2.07. The molecule has 0 amide bonds. The molecule has 1 aromatic heterocycles. The highest BCUT2D eigenvalue weighted by molar-refractivity contribution is 6.30. The number of methoxy groups -OCH3 is 1. The van der Waals surface area contributed by atoms with Crippen molar-refractivity contribution in [3.05, 3.63) is 58.4 Å². The maximum Gasteiger partial charge on any atom is 0.232 e. The van der Waals surface area contributed by atoms with Crippen LogP contribution in [-0.2, 0) is 11.2 Å². The Kier molecular flexibility index (Phi) is 5.99. The van der Waals surface area contributed by atoms with Gasteiger partial charge in [-0.25, -0.2) is 4.98 Å². The fraction of sp³-hybridized carbons (Fsp3) is 0.333. The van der Waals surface area contributed by atoms with Gasteiger partial charge in [-0.3, -0.25) is 5.41 Å². The molecule has 0 saturated heterocycles. The molecule has 0 aliphatic carbocycles. The van der Waals surface area contributed by atoms with E-state index in [1.807, 2.05) is 30.3 Å². The van der Waals surface area contributed by atoms with Crippen LogP contribution < -0.4 is 4.74 Å². The van der Waals surface area contributed by atoms with E-state index in [4.69, 9.17) is 26.5 Å².